The normalized spacial score (nSPS) is 17.3. The third-order valence-electron chi connectivity index (χ3n) is 4.06. The second-order valence-corrected chi connectivity index (χ2v) is 5.69. The SMILES string of the molecule is CCC(NC(=O)c1cnn(C(C)CC)c1C1CC1)C(=O)O. The first kappa shape index (κ1) is 15.5. The van der Waals surface area contributed by atoms with E-state index in [0.717, 1.165) is 25.0 Å². The zero-order chi connectivity index (χ0) is 15.6. The predicted molar refractivity (Wildman–Crippen MR) is 78.4 cm³/mol. The summed E-state index contributed by atoms with van der Waals surface area (Å²) >= 11 is 0. The summed E-state index contributed by atoms with van der Waals surface area (Å²) in [5.41, 5.74) is 1.49. The second-order valence-electron chi connectivity index (χ2n) is 5.69. The molecule has 0 aliphatic heterocycles. The smallest absolute Gasteiger partial charge is 0.326 e. The van der Waals surface area contributed by atoms with Gasteiger partial charge in [0, 0.05) is 12.0 Å². The van der Waals surface area contributed by atoms with Crippen LogP contribution in [-0.4, -0.2) is 32.8 Å². The van der Waals surface area contributed by atoms with E-state index in [1.807, 2.05) is 4.68 Å². The van der Waals surface area contributed by atoms with Crippen LogP contribution in [0, 0.1) is 0 Å². The van der Waals surface area contributed by atoms with Crippen LogP contribution in [0.4, 0.5) is 0 Å². The van der Waals surface area contributed by atoms with E-state index in [9.17, 15) is 9.59 Å². The van der Waals surface area contributed by atoms with Crippen LogP contribution in [0.1, 0.15) is 74.5 Å². The lowest BCUT2D eigenvalue weighted by Crippen LogP contribution is -2.40. The van der Waals surface area contributed by atoms with Gasteiger partial charge in [-0.25, -0.2) is 4.79 Å². The molecule has 2 atom stereocenters. The van der Waals surface area contributed by atoms with E-state index >= 15 is 0 Å². The van der Waals surface area contributed by atoms with Crippen molar-refractivity contribution in [1.82, 2.24) is 15.1 Å². The quantitative estimate of drug-likeness (QED) is 0.808. The molecule has 0 spiro atoms. The van der Waals surface area contributed by atoms with Gasteiger partial charge in [-0.1, -0.05) is 13.8 Å². The molecule has 1 amide bonds. The van der Waals surface area contributed by atoms with Crippen LogP contribution in [-0.2, 0) is 4.79 Å². The average molecular weight is 293 g/mol. The minimum absolute atomic E-state index is 0.239. The summed E-state index contributed by atoms with van der Waals surface area (Å²) < 4.78 is 1.92. The fourth-order valence-corrected chi connectivity index (χ4v) is 2.41. The fourth-order valence-electron chi connectivity index (χ4n) is 2.41. The van der Waals surface area contributed by atoms with E-state index in [-0.39, 0.29) is 11.9 Å². The predicted octanol–water partition coefficient (Wildman–Crippen LogP) is 2.32. The molecule has 1 aromatic rings. The maximum atomic E-state index is 12.4. The largest absolute Gasteiger partial charge is 0.480 e. The Morgan fingerprint density at radius 3 is 2.57 bits per heavy atom. The molecule has 6 heteroatoms. The molecule has 0 bridgehead atoms. The van der Waals surface area contributed by atoms with Gasteiger partial charge in [0.15, 0.2) is 0 Å². The minimum Gasteiger partial charge on any atom is -0.480 e. The molecule has 1 aliphatic carbocycles. The van der Waals surface area contributed by atoms with Crippen molar-refractivity contribution >= 4 is 11.9 Å². The minimum atomic E-state index is -1.01. The highest BCUT2D eigenvalue weighted by molar-refractivity contribution is 5.97. The molecule has 1 saturated carbocycles. The third kappa shape index (κ3) is 3.25. The Bertz CT molecular complexity index is 534. The summed E-state index contributed by atoms with van der Waals surface area (Å²) in [5.74, 6) is -0.957. The van der Waals surface area contributed by atoms with E-state index < -0.39 is 12.0 Å². The first-order valence-corrected chi connectivity index (χ1v) is 7.60. The van der Waals surface area contributed by atoms with Gasteiger partial charge in [0.2, 0.25) is 0 Å². The summed E-state index contributed by atoms with van der Waals surface area (Å²) in [6.45, 7) is 5.90. The number of rotatable bonds is 7. The molecule has 1 aliphatic rings. The molecule has 0 saturated heterocycles. The molecule has 2 N–H and O–H groups in total. The van der Waals surface area contributed by atoms with Crippen molar-refractivity contribution in [2.24, 2.45) is 0 Å². The number of carboxylic acids is 1. The number of nitrogens with zero attached hydrogens (tertiary/aromatic N) is 2. The van der Waals surface area contributed by atoms with Crippen molar-refractivity contribution in [2.75, 3.05) is 0 Å². The summed E-state index contributed by atoms with van der Waals surface area (Å²) in [6, 6.07) is -0.611. The fraction of sp³-hybridized carbons (Fsp3) is 0.667. The first-order valence-electron chi connectivity index (χ1n) is 7.60. The molecule has 21 heavy (non-hydrogen) atoms. The van der Waals surface area contributed by atoms with Gasteiger partial charge in [-0.2, -0.15) is 5.10 Å². The summed E-state index contributed by atoms with van der Waals surface area (Å²) in [7, 11) is 0. The van der Waals surface area contributed by atoms with Gasteiger partial charge in [0.1, 0.15) is 6.04 Å². The molecule has 1 fully saturated rings. The van der Waals surface area contributed by atoms with Crippen LogP contribution in [0.5, 0.6) is 0 Å². The molecule has 116 valence electrons. The Balaban J connectivity index is 2.25. The van der Waals surface area contributed by atoms with Crippen LogP contribution in [0.15, 0.2) is 6.20 Å². The van der Waals surface area contributed by atoms with E-state index in [2.05, 4.69) is 24.3 Å². The molecule has 2 rings (SSSR count). The Morgan fingerprint density at radius 1 is 1.43 bits per heavy atom. The third-order valence-corrected chi connectivity index (χ3v) is 4.06. The highest BCUT2D eigenvalue weighted by atomic mass is 16.4. The topological polar surface area (TPSA) is 84.2 Å². The van der Waals surface area contributed by atoms with E-state index in [0.29, 0.717) is 17.9 Å². The van der Waals surface area contributed by atoms with Gasteiger partial charge in [-0.05, 0) is 32.6 Å². The summed E-state index contributed by atoms with van der Waals surface area (Å²) in [6.07, 6.45) is 5.01. The van der Waals surface area contributed by atoms with Crippen molar-refractivity contribution in [2.45, 2.75) is 64.5 Å². The van der Waals surface area contributed by atoms with Crippen LogP contribution in [0.2, 0.25) is 0 Å². The molecule has 2 unspecified atom stereocenters. The van der Waals surface area contributed by atoms with Crippen molar-refractivity contribution in [3.63, 3.8) is 0 Å². The Morgan fingerprint density at radius 2 is 2.10 bits per heavy atom. The van der Waals surface area contributed by atoms with Gasteiger partial charge in [-0.15, -0.1) is 0 Å². The summed E-state index contributed by atoms with van der Waals surface area (Å²) in [5, 5.41) is 16.0. The van der Waals surface area contributed by atoms with Gasteiger partial charge in [-0.3, -0.25) is 9.48 Å². The molecule has 0 radical (unpaired) electrons. The molecule has 6 nitrogen and oxygen atoms in total. The van der Waals surface area contributed by atoms with E-state index in [1.165, 1.54) is 0 Å². The van der Waals surface area contributed by atoms with Gasteiger partial charge >= 0.3 is 5.97 Å². The summed E-state index contributed by atoms with van der Waals surface area (Å²) in [4.78, 5) is 23.4. The molecule has 1 aromatic heterocycles. The van der Waals surface area contributed by atoms with Crippen LogP contribution in [0.25, 0.3) is 0 Å². The lowest BCUT2D eigenvalue weighted by Gasteiger charge is -2.16. The van der Waals surface area contributed by atoms with Crippen molar-refractivity contribution in [3.8, 4) is 0 Å². The number of carboxylic acid groups (broad SMARTS) is 1. The standard InChI is InChI=1S/C15H23N3O3/c1-4-9(3)18-13(10-6-7-10)11(8-16-18)14(19)17-12(5-2)15(20)21/h8-10,12H,4-7H2,1-3H3,(H,17,19)(H,20,21). The molecule has 0 aromatic carbocycles. The maximum Gasteiger partial charge on any atom is 0.326 e. The number of carbonyl (C=O) groups excluding carboxylic acids is 1. The van der Waals surface area contributed by atoms with Gasteiger partial charge in [0.25, 0.3) is 5.91 Å². The van der Waals surface area contributed by atoms with Crippen molar-refractivity contribution in [3.05, 3.63) is 17.5 Å². The second kappa shape index (κ2) is 6.28. The number of hydrogen-bond acceptors (Lipinski definition) is 3. The van der Waals surface area contributed by atoms with E-state index in [1.54, 1.807) is 13.1 Å². The van der Waals surface area contributed by atoms with Crippen molar-refractivity contribution < 1.29 is 14.7 Å². The highest BCUT2D eigenvalue weighted by Gasteiger charge is 2.34. The number of amides is 1. The Labute approximate surface area is 124 Å². The van der Waals surface area contributed by atoms with E-state index in [4.69, 9.17) is 5.11 Å². The molecule has 1 heterocycles. The maximum absolute atomic E-state index is 12.4. The number of carbonyl (C=O) groups is 2. The van der Waals surface area contributed by atoms with Crippen molar-refractivity contribution in [1.29, 1.82) is 0 Å². The molecular weight excluding hydrogens is 270 g/mol. The Hall–Kier alpha value is -1.85. The number of aromatic nitrogens is 2. The van der Waals surface area contributed by atoms with Crippen LogP contribution in [0.3, 0.4) is 0 Å². The number of aliphatic carboxylic acids is 1. The average Bonchev–Trinajstić information content (AvgIpc) is 3.21. The zero-order valence-corrected chi connectivity index (χ0v) is 12.8. The first-order chi connectivity index (χ1) is 9.99. The monoisotopic (exact) mass is 293 g/mol. The van der Waals surface area contributed by atoms with Crippen LogP contribution >= 0.6 is 0 Å². The Kier molecular flexibility index (Phi) is 4.65. The number of nitrogens with one attached hydrogen (secondary N) is 1. The lowest BCUT2D eigenvalue weighted by molar-refractivity contribution is -0.139. The zero-order valence-electron chi connectivity index (χ0n) is 12.8. The van der Waals surface area contributed by atoms with Gasteiger partial charge in [0.05, 0.1) is 17.5 Å². The van der Waals surface area contributed by atoms with Crippen LogP contribution < -0.4 is 5.32 Å². The highest BCUT2D eigenvalue weighted by Crippen LogP contribution is 2.42. The van der Waals surface area contributed by atoms with Gasteiger partial charge < -0.3 is 10.4 Å². The lowest BCUT2D eigenvalue weighted by atomic mass is 10.1. The molecular formula is C15H23N3O3. The number of hydrogen-bond donors (Lipinski definition) is 2.